The highest BCUT2D eigenvalue weighted by atomic mass is 16.5. The Morgan fingerprint density at radius 3 is 2.46 bits per heavy atom. The summed E-state index contributed by atoms with van der Waals surface area (Å²) in [6, 6.07) is 5.54. The molecule has 3 aliphatic heterocycles. The van der Waals surface area contributed by atoms with Gasteiger partial charge in [0, 0.05) is 11.2 Å². The summed E-state index contributed by atoms with van der Waals surface area (Å²) >= 11 is 0. The zero-order valence-corrected chi connectivity index (χ0v) is 21.4. The van der Waals surface area contributed by atoms with Gasteiger partial charge in [0.2, 0.25) is 17.7 Å². The second-order valence-electron chi connectivity index (χ2n) is 11.2. The molecule has 3 heterocycles. The first-order valence-electron chi connectivity index (χ1n) is 12.4. The molecule has 3 amide bonds. The number of fused-ring (bicyclic) bond motifs is 1. The van der Waals surface area contributed by atoms with Crippen LogP contribution in [-0.4, -0.2) is 69.8 Å². The number of aliphatic hydroxyl groups excluding tert-OH is 1. The van der Waals surface area contributed by atoms with Crippen molar-refractivity contribution in [2.45, 2.75) is 83.2 Å². The topological polar surface area (TPSA) is 117 Å². The number of rotatable bonds is 7. The predicted octanol–water partition coefficient (Wildman–Crippen LogP) is 2.08. The molecule has 0 aromatic heterocycles. The molecule has 0 radical (unpaired) electrons. The molecule has 9 nitrogen and oxygen atoms in total. The second-order valence-corrected chi connectivity index (χ2v) is 11.2. The smallest absolute Gasteiger partial charge is 0.246 e. The number of benzene rings is 1. The first-order chi connectivity index (χ1) is 16.4. The molecule has 3 N–H and O–H groups in total. The number of likely N-dealkylation sites (tertiary alicyclic amines) is 1. The fraction of sp³-hybridized carbons (Fsp3) is 0.654. The largest absolute Gasteiger partial charge is 0.494 e. The van der Waals surface area contributed by atoms with Crippen LogP contribution in [0.2, 0.25) is 0 Å². The Labute approximate surface area is 206 Å². The minimum atomic E-state index is -1.12. The maximum Gasteiger partial charge on any atom is 0.246 e. The van der Waals surface area contributed by atoms with Crippen LogP contribution in [0.5, 0.6) is 5.75 Å². The summed E-state index contributed by atoms with van der Waals surface area (Å²) in [6.07, 6.45) is 1.04. The lowest BCUT2D eigenvalue weighted by Crippen LogP contribution is -2.60. The third-order valence-corrected chi connectivity index (χ3v) is 7.42. The van der Waals surface area contributed by atoms with Gasteiger partial charge in [-0.25, -0.2) is 0 Å². The quantitative estimate of drug-likeness (QED) is 0.542. The molecule has 9 heteroatoms. The van der Waals surface area contributed by atoms with E-state index in [0.717, 1.165) is 0 Å². The van der Waals surface area contributed by atoms with Crippen LogP contribution in [0.3, 0.4) is 0 Å². The first-order valence-corrected chi connectivity index (χ1v) is 12.4. The zero-order chi connectivity index (χ0) is 25.8. The molecule has 0 aliphatic carbocycles. The van der Waals surface area contributed by atoms with E-state index in [-0.39, 0.29) is 24.3 Å². The van der Waals surface area contributed by atoms with Gasteiger partial charge < -0.3 is 30.1 Å². The maximum absolute atomic E-state index is 13.8. The van der Waals surface area contributed by atoms with Gasteiger partial charge in [0.25, 0.3) is 0 Å². The fourth-order valence-corrected chi connectivity index (χ4v) is 6.09. The molecule has 2 unspecified atom stereocenters. The van der Waals surface area contributed by atoms with E-state index < -0.39 is 40.7 Å². The van der Waals surface area contributed by atoms with Crippen LogP contribution in [0, 0.1) is 11.8 Å². The van der Waals surface area contributed by atoms with Gasteiger partial charge in [-0.1, -0.05) is 0 Å². The van der Waals surface area contributed by atoms with Crippen LogP contribution in [-0.2, 0) is 19.1 Å². The minimum Gasteiger partial charge on any atom is -0.494 e. The van der Waals surface area contributed by atoms with Crippen molar-refractivity contribution in [1.82, 2.24) is 10.2 Å². The summed E-state index contributed by atoms with van der Waals surface area (Å²) in [5.74, 6) is -1.84. The average molecular weight is 488 g/mol. The monoisotopic (exact) mass is 487 g/mol. The van der Waals surface area contributed by atoms with Gasteiger partial charge in [-0.3, -0.25) is 14.4 Å². The number of aliphatic hydroxyl groups is 1. The number of hydrogen-bond acceptors (Lipinski definition) is 6. The summed E-state index contributed by atoms with van der Waals surface area (Å²) < 4.78 is 12.0. The molecule has 192 valence electrons. The van der Waals surface area contributed by atoms with Crippen LogP contribution >= 0.6 is 0 Å². The number of nitrogens with zero attached hydrogens (tertiary/aromatic N) is 1. The summed E-state index contributed by atoms with van der Waals surface area (Å²) in [6.45, 7) is 11.3. The Bertz CT molecular complexity index is 1010. The maximum atomic E-state index is 13.8. The molecule has 1 aromatic rings. The Hall–Kier alpha value is -2.65. The molecule has 3 fully saturated rings. The van der Waals surface area contributed by atoms with Crippen molar-refractivity contribution in [2.75, 3.05) is 18.5 Å². The molecule has 2 bridgehead atoms. The minimum absolute atomic E-state index is 0.297. The van der Waals surface area contributed by atoms with Crippen LogP contribution < -0.4 is 15.4 Å². The average Bonchev–Trinajstić information content (AvgIpc) is 3.34. The van der Waals surface area contributed by atoms with Crippen molar-refractivity contribution in [3.8, 4) is 5.75 Å². The number of anilines is 1. The third kappa shape index (κ3) is 4.18. The van der Waals surface area contributed by atoms with E-state index in [1.165, 1.54) is 4.90 Å². The van der Waals surface area contributed by atoms with Gasteiger partial charge in [0.1, 0.15) is 17.4 Å². The Balaban J connectivity index is 1.68. The number of nitrogens with one attached hydrogen (secondary N) is 2. The van der Waals surface area contributed by atoms with Gasteiger partial charge in [0.05, 0.1) is 36.7 Å². The molecular weight excluding hydrogens is 450 g/mol. The molecule has 3 aliphatic rings. The van der Waals surface area contributed by atoms with Crippen molar-refractivity contribution in [1.29, 1.82) is 0 Å². The number of carbonyl (C=O) groups is 3. The van der Waals surface area contributed by atoms with Gasteiger partial charge in [-0.05, 0) is 78.6 Å². The Kier molecular flexibility index (Phi) is 6.38. The highest BCUT2D eigenvalue weighted by Crippen LogP contribution is 2.63. The number of ether oxygens (including phenoxy) is 2. The summed E-state index contributed by atoms with van der Waals surface area (Å²) in [7, 11) is 0. The van der Waals surface area contributed by atoms with Crippen molar-refractivity contribution in [2.24, 2.45) is 11.8 Å². The van der Waals surface area contributed by atoms with Crippen molar-refractivity contribution in [3.63, 3.8) is 0 Å². The van der Waals surface area contributed by atoms with Crippen LogP contribution in [0.4, 0.5) is 5.69 Å². The second kappa shape index (κ2) is 8.78. The van der Waals surface area contributed by atoms with E-state index in [1.54, 1.807) is 31.2 Å². The van der Waals surface area contributed by atoms with E-state index in [1.807, 2.05) is 34.6 Å². The zero-order valence-electron chi connectivity index (χ0n) is 21.4. The van der Waals surface area contributed by atoms with Crippen molar-refractivity contribution >= 4 is 23.4 Å². The normalized spacial score (nSPS) is 32.4. The van der Waals surface area contributed by atoms with E-state index in [9.17, 15) is 19.5 Å². The van der Waals surface area contributed by atoms with E-state index >= 15 is 0 Å². The predicted molar refractivity (Wildman–Crippen MR) is 130 cm³/mol. The lowest BCUT2D eigenvalue weighted by Gasteiger charge is -2.37. The highest BCUT2D eigenvalue weighted by molar-refractivity contribution is 6.02. The van der Waals surface area contributed by atoms with Gasteiger partial charge in [-0.15, -0.1) is 0 Å². The first kappa shape index (κ1) is 25.4. The molecule has 3 saturated heterocycles. The number of amides is 3. The highest BCUT2D eigenvalue weighted by Gasteiger charge is 2.78. The molecule has 1 spiro atoms. The molecular formula is C26H37N3O6. The summed E-state index contributed by atoms with van der Waals surface area (Å²) in [5.41, 5.74) is -1.92. The van der Waals surface area contributed by atoms with Crippen LogP contribution in [0.25, 0.3) is 0 Å². The van der Waals surface area contributed by atoms with Crippen molar-refractivity contribution in [3.05, 3.63) is 24.3 Å². The summed E-state index contributed by atoms with van der Waals surface area (Å²) in [5, 5.41) is 15.8. The Morgan fingerprint density at radius 2 is 1.89 bits per heavy atom. The van der Waals surface area contributed by atoms with E-state index in [2.05, 4.69) is 10.6 Å². The van der Waals surface area contributed by atoms with E-state index in [4.69, 9.17) is 9.47 Å². The van der Waals surface area contributed by atoms with Crippen LogP contribution in [0.1, 0.15) is 54.4 Å². The number of carbonyl (C=O) groups excluding carboxylic acids is 3. The molecule has 1 aromatic carbocycles. The standard InChI is InChI=1S/C26H37N3O6/c1-7-34-17-10-8-16(9-11-17)27-21(31)18-19-23(33)29(15(2)14-30)20(22(32)28-24(3,4)5)26(19)13-12-25(18,6)35-26/h8-11,15,18-20,30H,7,12-14H2,1-6H3,(H,27,31)(H,28,32)/t15-,18+,19+,20?,25-,26?/m1/s1. The lowest BCUT2D eigenvalue weighted by molar-refractivity contribution is -0.149. The third-order valence-electron chi connectivity index (χ3n) is 7.42. The number of hydrogen-bond donors (Lipinski definition) is 3. The van der Waals surface area contributed by atoms with Gasteiger partial charge in [0.15, 0.2) is 0 Å². The SMILES string of the molecule is CCOc1ccc(NC(=O)[C@@H]2[C@H]3C(=O)N([C@H](C)CO)C(C(=O)NC(C)(C)C)C34CC[C@@]2(C)O4)cc1. The summed E-state index contributed by atoms with van der Waals surface area (Å²) in [4.78, 5) is 42.4. The van der Waals surface area contributed by atoms with E-state index in [0.29, 0.717) is 30.9 Å². The molecule has 35 heavy (non-hydrogen) atoms. The Morgan fingerprint density at radius 1 is 1.23 bits per heavy atom. The van der Waals surface area contributed by atoms with Crippen molar-refractivity contribution < 1.29 is 29.0 Å². The molecule has 6 atom stereocenters. The molecule has 0 saturated carbocycles. The van der Waals surface area contributed by atoms with Gasteiger partial charge in [-0.2, -0.15) is 0 Å². The molecule has 4 rings (SSSR count). The fourth-order valence-electron chi connectivity index (χ4n) is 6.09. The van der Waals surface area contributed by atoms with Gasteiger partial charge >= 0.3 is 0 Å². The lowest BCUT2D eigenvalue weighted by atomic mass is 9.66. The van der Waals surface area contributed by atoms with Crippen LogP contribution in [0.15, 0.2) is 24.3 Å².